The number of halogens is 1. The van der Waals surface area contributed by atoms with Gasteiger partial charge in [0.25, 0.3) is 0 Å². The SMILES string of the molecule is CCCCCSCc1c(N)cccc1F. The van der Waals surface area contributed by atoms with Crippen molar-refractivity contribution in [3.8, 4) is 0 Å². The second-order valence-electron chi connectivity index (χ2n) is 3.57. The van der Waals surface area contributed by atoms with E-state index < -0.39 is 0 Å². The van der Waals surface area contributed by atoms with Gasteiger partial charge in [-0.25, -0.2) is 4.39 Å². The lowest BCUT2D eigenvalue weighted by Crippen LogP contribution is -1.96. The van der Waals surface area contributed by atoms with Gasteiger partial charge in [0.2, 0.25) is 0 Å². The van der Waals surface area contributed by atoms with Crippen molar-refractivity contribution in [2.45, 2.75) is 31.9 Å². The lowest BCUT2D eigenvalue weighted by Gasteiger charge is -2.06. The molecule has 0 aromatic heterocycles. The summed E-state index contributed by atoms with van der Waals surface area (Å²) in [6.07, 6.45) is 3.68. The first kappa shape index (κ1) is 12.4. The van der Waals surface area contributed by atoms with E-state index in [0.29, 0.717) is 17.0 Å². The monoisotopic (exact) mass is 227 g/mol. The molecule has 0 atom stereocenters. The minimum absolute atomic E-state index is 0.182. The molecular formula is C12H18FNS. The molecule has 0 saturated heterocycles. The number of nitrogen functional groups attached to an aromatic ring is 1. The maximum absolute atomic E-state index is 13.3. The summed E-state index contributed by atoms with van der Waals surface area (Å²) in [5.41, 5.74) is 6.93. The van der Waals surface area contributed by atoms with Crippen molar-refractivity contribution in [1.82, 2.24) is 0 Å². The van der Waals surface area contributed by atoms with Crippen LogP contribution in [0, 0.1) is 5.82 Å². The fourth-order valence-electron chi connectivity index (χ4n) is 1.36. The van der Waals surface area contributed by atoms with Crippen molar-refractivity contribution >= 4 is 17.4 Å². The van der Waals surface area contributed by atoms with E-state index in [0.717, 1.165) is 5.75 Å². The van der Waals surface area contributed by atoms with Crippen molar-refractivity contribution in [1.29, 1.82) is 0 Å². The molecule has 1 aromatic carbocycles. The molecule has 0 aliphatic heterocycles. The summed E-state index contributed by atoms with van der Waals surface area (Å²) in [4.78, 5) is 0. The Morgan fingerprint density at radius 3 is 2.80 bits per heavy atom. The van der Waals surface area contributed by atoms with E-state index >= 15 is 0 Å². The van der Waals surface area contributed by atoms with Crippen LogP contribution in [0.4, 0.5) is 10.1 Å². The number of hydrogen-bond acceptors (Lipinski definition) is 2. The minimum atomic E-state index is -0.182. The van der Waals surface area contributed by atoms with E-state index in [-0.39, 0.29) is 5.82 Å². The molecule has 0 unspecified atom stereocenters. The van der Waals surface area contributed by atoms with Crippen LogP contribution in [0.2, 0.25) is 0 Å². The van der Waals surface area contributed by atoms with Gasteiger partial charge in [-0.3, -0.25) is 0 Å². The maximum atomic E-state index is 13.3. The minimum Gasteiger partial charge on any atom is -0.398 e. The standard InChI is InChI=1S/C12H18FNS/c1-2-3-4-8-15-9-10-11(13)6-5-7-12(10)14/h5-7H,2-4,8-9,14H2,1H3. The summed E-state index contributed by atoms with van der Waals surface area (Å²) < 4.78 is 13.3. The highest BCUT2D eigenvalue weighted by Gasteiger charge is 2.05. The molecule has 0 bridgehead atoms. The van der Waals surface area contributed by atoms with Crippen molar-refractivity contribution < 1.29 is 4.39 Å². The van der Waals surface area contributed by atoms with E-state index in [4.69, 9.17) is 5.73 Å². The van der Waals surface area contributed by atoms with Crippen LogP contribution in [0.5, 0.6) is 0 Å². The Labute approximate surface area is 95.2 Å². The largest absolute Gasteiger partial charge is 0.398 e. The van der Waals surface area contributed by atoms with Gasteiger partial charge in [-0.15, -0.1) is 0 Å². The summed E-state index contributed by atoms with van der Waals surface area (Å²) in [5.74, 6) is 1.59. The second-order valence-corrected chi connectivity index (χ2v) is 4.67. The van der Waals surface area contributed by atoms with Gasteiger partial charge in [0, 0.05) is 17.0 Å². The van der Waals surface area contributed by atoms with Crippen LogP contribution < -0.4 is 5.73 Å². The van der Waals surface area contributed by atoms with E-state index in [9.17, 15) is 4.39 Å². The number of anilines is 1. The third kappa shape index (κ3) is 4.12. The van der Waals surface area contributed by atoms with Gasteiger partial charge >= 0.3 is 0 Å². The lowest BCUT2D eigenvalue weighted by atomic mass is 10.2. The summed E-state index contributed by atoms with van der Waals surface area (Å²) in [5, 5.41) is 0. The molecule has 1 nitrogen and oxygen atoms in total. The molecule has 15 heavy (non-hydrogen) atoms. The molecule has 0 heterocycles. The van der Waals surface area contributed by atoms with Crippen LogP contribution in [-0.4, -0.2) is 5.75 Å². The van der Waals surface area contributed by atoms with Crippen molar-refractivity contribution in [3.63, 3.8) is 0 Å². The molecule has 1 aromatic rings. The van der Waals surface area contributed by atoms with Gasteiger partial charge < -0.3 is 5.73 Å². The predicted molar refractivity (Wildman–Crippen MR) is 66.5 cm³/mol. The fraction of sp³-hybridized carbons (Fsp3) is 0.500. The van der Waals surface area contributed by atoms with Gasteiger partial charge in [-0.2, -0.15) is 11.8 Å². The quantitative estimate of drug-likeness (QED) is 0.590. The number of hydrogen-bond donors (Lipinski definition) is 1. The normalized spacial score (nSPS) is 10.5. The molecule has 0 spiro atoms. The summed E-state index contributed by atoms with van der Waals surface area (Å²) in [7, 11) is 0. The van der Waals surface area contributed by atoms with Gasteiger partial charge in [0.1, 0.15) is 5.82 Å². The second kappa shape index (κ2) is 6.72. The summed E-state index contributed by atoms with van der Waals surface area (Å²) >= 11 is 1.75. The van der Waals surface area contributed by atoms with E-state index in [1.54, 1.807) is 23.9 Å². The molecular weight excluding hydrogens is 209 g/mol. The van der Waals surface area contributed by atoms with Crippen LogP contribution in [0.25, 0.3) is 0 Å². The molecule has 2 N–H and O–H groups in total. The predicted octanol–water partition coefficient (Wildman–Crippen LogP) is 3.83. The Balaban J connectivity index is 2.37. The van der Waals surface area contributed by atoms with Gasteiger partial charge in [0.05, 0.1) is 0 Å². The molecule has 1 rings (SSSR count). The van der Waals surface area contributed by atoms with Gasteiger partial charge in [0.15, 0.2) is 0 Å². The van der Waals surface area contributed by atoms with Crippen LogP contribution in [0.1, 0.15) is 31.7 Å². The van der Waals surface area contributed by atoms with Gasteiger partial charge in [-0.05, 0) is 24.3 Å². The Hall–Kier alpha value is -0.700. The first-order valence-electron chi connectivity index (χ1n) is 5.36. The third-order valence-corrected chi connectivity index (χ3v) is 3.36. The third-order valence-electron chi connectivity index (χ3n) is 2.29. The van der Waals surface area contributed by atoms with Crippen molar-refractivity contribution in [2.75, 3.05) is 11.5 Å². The first-order valence-corrected chi connectivity index (χ1v) is 6.51. The number of rotatable bonds is 6. The first-order chi connectivity index (χ1) is 7.25. The van der Waals surface area contributed by atoms with Gasteiger partial charge in [-0.1, -0.05) is 25.8 Å². The zero-order chi connectivity index (χ0) is 11.1. The highest BCUT2D eigenvalue weighted by molar-refractivity contribution is 7.98. The number of nitrogens with two attached hydrogens (primary N) is 1. The fourth-order valence-corrected chi connectivity index (χ4v) is 2.42. The topological polar surface area (TPSA) is 26.0 Å². The Morgan fingerprint density at radius 1 is 1.33 bits per heavy atom. The molecule has 0 aliphatic carbocycles. The van der Waals surface area contributed by atoms with E-state index in [1.165, 1.54) is 25.3 Å². The number of thioether (sulfide) groups is 1. The van der Waals surface area contributed by atoms with Crippen LogP contribution >= 0.6 is 11.8 Å². The molecule has 84 valence electrons. The van der Waals surface area contributed by atoms with Crippen molar-refractivity contribution in [2.24, 2.45) is 0 Å². The number of unbranched alkanes of at least 4 members (excludes halogenated alkanes) is 2. The summed E-state index contributed by atoms with van der Waals surface area (Å²) in [6.45, 7) is 2.18. The highest BCUT2D eigenvalue weighted by Crippen LogP contribution is 2.22. The Morgan fingerprint density at radius 2 is 2.13 bits per heavy atom. The molecule has 0 radical (unpaired) electrons. The Bertz CT molecular complexity index is 281. The maximum Gasteiger partial charge on any atom is 0.129 e. The summed E-state index contributed by atoms with van der Waals surface area (Å²) in [6, 6.07) is 4.87. The average molecular weight is 227 g/mol. The van der Waals surface area contributed by atoms with Crippen LogP contribution in [-0.2, 0) is 5.75 Å². The van der Waals surface area contributed by atoms with E-state index in [1.807, 2.05) is 0 Å². The molecule has 0 amide bonds. The molecule has 3 heteroatoms. The molecule has 0 fully saturated rings. The average Bonchev–Trinajstić information content (AvgIpc) is 2.21. The van der Waals surface area contributed by atoms with Crippen LogP contribution in [0.15, 0.2) is 18.2 Å². The van der Waals surface area contributed by atoms with E-state index in [2.05, 4.69) is 6.92 Å². The molecule has 0 saturated carbocycles. The zero-order valence-electron chi connectivity index (χ0n) is 9.13. The van der Waals surface area contributed by atoms with Crippen molar-refractivity contribution in [3.05, 3.63) is 29.6 Å². The number of benzene rings is 1. The van der Waals surface area contributed by atoms with Crippen LogP contribution in [0.3, 0.4) is 0 Å². The lowest BCUT2D eigenvalue weighted by molar-refractivity contribution is 0.618. The smallest absolute Gasteiger partial charge is 0.129 e. The highest BCUT2D eigenvalue weighted by atomic mass is 32.2. The molecule has 0 aliphatic rings. The zero-order valence-corrected chi connectivity index (χ0v) is 9.95. The Kier molecular flexibility index (Phi) is 5.54.